The molecule has 0 saturated carbocycles. The number of anilines is 1. The van der Waals surface area contributed by atoms with Crippen LogP contribution in [0.1, 0.15) is 29.1 Å². The maximum atomic E-state index is 14.0. The summed E-state index contributed by atoms with van der Waals surface area (Å²) in [6.07, 6.45) is 1.74. The fraction of sp³-hybridized carbons (Fsp3) is 0.120. The Morgan fingerprint density at radius 2 is 1.91 bits per heavy atom. The van der Waals surface area contributed by atoms with E-state index >= 15 is 0 Å². The fourth-order valence-corrected chi connectivity index (χ4v) is 4.79. The van der Waals surface area contributed by atoms with Crippen molar-refractivity contribution < 1.29 is 8.81 Å². The Labute approximate surface area is 206 Å². The molecule has 1 aliphatic rings. The highest BCUT2D eigenvalue weighted by atomic mass is 35.5. The third kappa shape index (κ3) is 3.99. The Bertz CT molecular complexity index is 1340. The Morgan fingerprint density at radius 3 is 2.67 bits per heavy atom. The van der Waals surface area contributed by atoms with Gasteiger partial charge in [0.15, 0.2) is 5.11 Å². The van der Waals surface area contributed by atoms with Crippen molar-refractivity contribution in [3.63, 3.8) is 0 Å². The van der Waals surface area contributed by atoms with E-state index in [4.69, 9.17) is 39.8 Å². The zero-order valence-electron chi connectivity index (χ0n) is 17.4. The third-order valence-corrected chi connectivity index (χ3v) is 6.79. The second-order valence-electron chi connectivity index (χ2n) is 7.73. The van der Waals surface area contributed by atoms with Crippen LogP contribution in [0.3, 0.4) is 0 Å². The number of pyridine rings is 1. The molecule has 4 nitrogen and oxygen atoms in total. The molecule has 33 heavy (non-hydrogen) atoms. The van der Waals surface area contributed by atoms with Crippen molar-refractivity contribution in [2.24, 2.45) is 0 Å². The Balaban J connectivity index is 1.62. The van der Waals surface area contributed by atoms with Crippen molar-refractivity contribution in [1.29, 1.82) is 0 Å². The van der Waals surface area contributed by atoms with Crippen molar-refractivity contribution in [2.75, 3.05) is 4.90 Å². The number of furan rings is 1. The number of aromatic nitrogens is 1. The third-order valence-electron chi connectivity index (χ3n) is 5.65. The molecule has 5 rings (SSSR count). The van der Waals surface area contributed by atoms with Crippen molar-refractivity contribution in [1.82, 2.24) is 10.3 Å². The van der Waals surface area contributed by atoms with Crippen LogP contribution in [0.15, 0.2) is 77.3 Å². The quantitative estimate of drug-likeness (QED) is 0.300. The summed E-state index contributed by atoms with van der Waals surface area (Å²) in [6.45, 7) is 1.72. The van der Waals surface area contributed by atoms with E-state index < -0.39 is 0 Å². The van der Waals surface area contributed by atoms with Crippen molar-refractivity contribution in [2.45, 2.75) is 19.0 Å². The van der Waals surface area contributed by atoms with E-state index in [-0.39, 0.29) is 17.9 Å². The Hall–Kier alpha value is -2.93. The topological polar surface area (TPSA) is 41.3 Å². The highest BCUT2D eigenvalue weighted by molar-refractivity contribution is 7.80. The first-order chi connectivity index (χ1) is 15.9. The highest BCUT2D eigenvalue weighted by Gasteiger charge is 2.42. The van der Waals surface area contributed by atoms with Crippen molar-refractivity contribution in [3.8, 4) is 11.3 Å². The summed E-state index contributed by atoms with van der Waals surface area (Å²) >= 11 is 18.3. The maximum absolute atomic E-state index is 14.0. The Kier molecular flexibility index (Phi) is 5.83. The molecule has 3 heterocycles. The summed E-state index contributed by atoms with van der Waals surface area (Å²) < 4.78 is 20.3. The molecule has 0 bridgehead atoms. The lowest BCUT2D eigenvalue weighted by Gasteiger charge is -2.26. The van der Waals surface area contributed by atoms with Gasteiger partial charge in [-0.3, -0.25) is 4.98 Å². The number of nitrogens with zero attached hydrogens (tertiary/aromatic N) is 2. The predicted octanol–water partition coefficient (Wildman–Crippen LogP) is 7.27. The van der Waals surface area contributed by atoms with E-state index in [9.17, 15) is 4.39 Å². The lowest BCUT2D eigenvalue weighted by molar-refractivity contribution is 0.439. The molecule has 8 heteroatoms. The molecule has 0 amide bonds. The molecule has 0 radical (unpaired) electrons. The monoisotopic (exact) mass is 497 g/mol. The minimum absolute atomic E-state index is 0.273. The van der Waals surface area contributed by atoms with E-state index in [1.165, 1.54) is 6.07 Å². The minimum Gasteiger partial charge on any atom is -0.459 e. The normalized spacial score (nSPS) is 17.9. The summed E-state index contributed by atoms with van der Waals surface area (Å²) in [5.74, 6) is 0.974. The molecule has 4 aromatic rings. The van der Waals surface area contributed by atoms with Crippen LogP contribution in [0, 0.1) is 12.7 Å². The van der Waals surface area contributed by atoms with Crippen LogP contribution < -0.4 is 10.2 Å². The summed E-state index contributed by atoms with van der Waals surface area (Å²) in [5.41, 5.74) is 2.79. The van der Waals surface area contributed by atoms with Gasteiger partial charge in [0.1, 0.15) is 23.4 Å². The summed E-state index contributed by atoms with van der Waals surface area (Å²) in [5, 5.41) is 4.74. The number of hydrogen-bond acceptors (Lipinski definition) is 3. The molecule has 0 aliphatic carbocycles. The van der Waals surface area contributed by atoms with Crippen LogP contribution in [0.2, 0.25) is 10.0 Å². The summed E-state index contributed by atoms with van der Waals surface area (Å²) in [7, 11) is 0. The number of aryl methyl sites for hydroxylation is 1. The Morgan fingerprint density at radius 1 is 1.06 bits per heavy atom. The maximum Gasteiger partial charge on any atom is 0.174 e. The van der Waals surface area contributed by atoms with Crippen LogP contribution in [-0.2, 0) is 0 Å². The molecule has 1 N–H and O–H groups in total. The van der Waals surface area contributed by atoms with E-state index in [1.807, 2.05) is 47.4 Å². The zero-order chi connectivity index (χ0) is 23.1. The van der Waals surface area contributed by atoms with Crippen LogP contribution in [0.25, 0.3) is 11.3 Å². The van der Waals surface area contributed by atoms with Gasteiger partial charge < -0.3 is 14.6 Å². The molecule has 1 saturated heterocycles. The smallest absolute Gasteiger partial charge is 0.174 e. The molecular formula is C25H18Cl2FN3OS. The van der Waals surface area contributed by atoms with Gasteiger partial charge in [-0.05, 0) is 79.3 Å². The number of halogens is 3. The van der Waals surface area contributed by atoms with Crippen molar-refractivity contribution >= 4 is 46.2 Å². The van der Waals surface area contributed by atoms with Gasteiger partial charge in [-0.15, -0.1) is 0 Å². The lowest BCUT2D eigenvalue weighted by atomic mass is 10.0. The van der Waals surface area contributed by atoms with Crippen LogP contribution in [-0.4, -0.2) is 10.1 Å². The van der Waals surface area contributed by atoms with Crippen LogP contribution >= 0.6 is 35.4 Å². The first-order valence-corrected chi connectivity index (χ1v) is 11.4. The molecule has 2 atom stereocenters. The van der Waals surface area contributed by atoms with Gasteiger partial charge in [0.2, 0.25) is 0 Å². The fourth-order valence-electron chi connectivity index (χ4n) is 4.05. The molecule has 2 aromatic heterocycles. The second kappa shape index (κ2) is 8.78. The molecule has 1 fully saturated rings. The van der Waals surface area contributed by atoms with Gasteiger partial charge in [0.25, 0.3) is 0 Å². The standard InChI is InChI=1S/C25H18Cl2FN3OS/c1-14-13-15(8-9-18(14)28)31-24(23(30-25(31)33)19-7-2-3-12-29-19)21-11-10-20(32-21)16-5-4-6-17(26)22(16)27/h2-13,23-24H,1H3,(H,30,33)/t23-,24-/m0/s1. The van der Waals surface area contributed by atoms with Gasteiger partial charge in [-0.25, -0.2) is 4.39 Å². The van der Waals surface area contributed by atoms with Gasteiger partial charge >= 0.3 is 0 Å². The number of rotatable bonds is 4. The number of thiocarbonyl (C=S) groups is 1. The minimum atomic E-state index is -0.357. The number of nitrogens with one attached hydrogen (secondary N) is 1. The first-order valence-electron chi connectivity index (χ1n) is 10.2. The number of hydrogen-bond donors (Lipinski definition) is 1. The van der Waals surface area contributed by atoms with E-state index in [0.717, 1.165) is 11.4 Å². The zero-order valence-corrected chi connectivity index (χ0v) is 19.8. The van der Waals surface area contributed by atoms with Gasteiger partial charge in [0.05, 0.1) is 21.8 Å². The largest absolute Gasteiger partial charge is 0.459 e. The van der Waals surface area contributed by atoms with Crippen LogP contribution in [0.4, 0.5) is 10.1 Å². The van der Waals surface area contributed by atoms with Gasteiger partial charge in [-0.2, -0.15) is 0 Å². The molecule has 166 valence electrons. The lowest BCUT2D eigenvalue weighted by Crippen LogP contribution is -2.29. The molecule has 2 aromatic carbocycles. The van der Waals surface area contributed by atoms with Gasteiger partial charge in [-0.1, -0.05) is 35.3 Å². The summed E-state index contributed by atoms with van der Waals surface area (Å²) in [4.78, 5) is 6.47. The second-order valence-corrected chi connectivity index (χ2v) is 8.91. The first kappa shape index (κ1) is 21.9. The molecule has 0 unspecified atom stereocenters. The SMILES string of the molecule is Cc1cc(N2C(=S)N[C@@H](c3ccccn3)[C@@H]2c2ccc(-c3cccc(Cl)c3Cl)o2)ccc1F. The predicted molar refractivity (Wildman–Crippen MR) is 133 cm³/mol. The highest BCUT2D eigenvalue weighted by Crippen LogP contribution is 2.44. The number of benzene rings is 2. The average Bonchev–Trinajstić information content (AvgIpc) is 3.43. The van der Waals surface area contributed by atoms with Crippen molar-refractivity contribution in [3.05, 3.63) is 106 Å². The summed E-state index contributed by atoms with van der Waals surface area (Å²) in [6, 6.07) is 19.2. The van der Waals surface area contributed by atoms with E-state index in [1.54, 1.807) is 31.3 Å². The van der Waals surface area contributed by atoms with E-state index in [2.05, 4.69) is 10.3 Å². The van der Waals surface area contributed by atoms with Gasteiger partial charge in [0, 0.05) is 17.4 Å². The average molecular weight is 498 g/mol. The molecule has 1 aliphatic heterocycles. The molecular weight excluding hydrogens is 480 g/mol. The molecule has 0 spiro atoms. The van der Waals surface area contributed by atoms with E-state index in [0.29, 0.717) is 37.8 Å². The van der Waals surface area contributed by atoms with Crippen LogP contribution in [0.5, 0.6) is 0 Å².